The summed E-state index contributed by atoms with van der Waals surface area (Å²) in [6.07, 6.45) is -1.28. The second-order valence-electron chi connectivity index (χ2n) is 6.48. The van der Waals surface area contributed by atoms with Crippen molar-refractivity contribution in [2.75, 3.05) is 17.7 Å². The Morgan fingerprint density at radius 1 is 1.06 bits per heavy atom. The molecule has 2 heterocycles. The van der Waals surface area contributed by atoms with Gasteiger partial charge in [0, 0.05) is 29.7 Å². The van der Waals surface area contributed by atoms with E-state index in [0.717, 1.165) is 12.1 Å². The fraction of sp³-hybridized carbons (Fsp3) is 0.0952. The second-order valence-corrected chi connectivity index (χ2v) is 6.48. The van der Waals surface area contributed by atoms with E-state index in [1.54, 1.807) is 36.5 Å². The number of aromatic nitrogens is 3. The van der Waals surface area contributed by atoms with Crippen molar-refractivity contribution >= 4 is 23.3 Å². The Morgan fingerprint density at radius 3 is 2.55 bits per heavy atom. The zero-order valence-corrected chi connectivity index (χ0v) is 16.1. The lowest BCUT2D eigenvalue weighted by Gasteiger charge is -2.11. The van der Waals surface area contributed by atoms with E-state index in [0.29, 0.717) is 17.0 Å². The number of carbonyl (C=O) groups excluding carboxylic acids is 1. The monoisotopic (exact) mass is 427 g/mol. The number of halogens is 3. The number of hydrogen-bond acceptors (Lipinski definition) is 4. The summed E-state index contributed by atoms with van der Waals surface area (Å²) in [7, 11) is 1.51. The van der Waals surface area contributed by atoms with Gasteiger partial charge in [0.1, 0.15) is 17.3 Å². The largest absolute Gasteiger partial charge is 0.497 e. The fourth-order valence-electron chi connectivity index (χ4n) is 3.00. The molecule has 2 aromatic heterocycles. The fourth-order valence-corrected chi connectivity index (χ4v) is 3.00. The van der Waals surface area contributed by atoms with Gasteiger partial charge in [0.05, 0.1) is 12.7 Å². The van der Waals surface area contributed by atoms with E-state index >= 15 is 0 Å². The summed E-state index contributed by atoms with van der Waals surface area (Å²) in [6, 6.07) is 12.4. The lowest BCUT2D eigenvalue weighted by molar-refractivity contribution is -0.137. The molecule has 10 heteroatoms. The molecule has 0 fully saturated rings. The highest BCUT2D eigenvalue weighted by Crippen LogP contribution is 2.33. The molecule has 0 unspecified atom stereocenters. The Bertz CT molecular complexity index is 1240. The Labute approximate surface area is 174 Å². The van der Waals surface area contributed by atoms with Gasteiger partial charge in [-0.3, -0.25) is 9.72 Å². The van der Waals surface area contributed by atoms with Gasteiger partial charge < -0.3 is 10.1 Å². The van der Waals surface area contributed by atoms with Gasteiger partial charge in [-0.25, -0.2) is 14.8 Å². The molecule has 0 saturated heterocycles. The zero-order valence-electron chi connectivity index (χ0n) is 16.1. The zero-order chi connectivity index (χ0) is 22.0. The van der Waals surface area contributed by atoms with Crippen molar-refractivity contribution in [1.82, 2.24) is 14.4 Å². The minimum Gasteiger partial charge on any atom is -0.497 e. The molecule has 158 valence electrons. The van der Waals surface area contributed by atoms with Gasteiger partial charge in [0.25, 0.3) is 0 Å². The molecule has 0 radical (unpaired) electrons. The van der Waals surface area contributed by atoms with Gasteiger partial charge in [0.2, 0.25) is 5.78 Å². The number of nitrogens with zero attached hydrogens (tertiary/aromatic N) is 3. The van der Waals surface area contributed by atoms with Crippen LogP contribution in [0.5, 0.6) is 5.75 Å². The number of hydrogen-bond donors (Lipinski definition) is 2. The summed E-state index contributed by atoms with van der Waals surface area (Å²) in [5, 5.41) is 5.40. The first-order valence-corrected chi connectivity index (χ1v) is 9.08. The molecule has 0 spiro atoms. The number of benzene rings is 2. The van der Waals surface area contributed by atoms with Gasteiger partial charge in [0.15, 0.2) is 0 Å². The van der Waals surface area contributed by atoms with E-state index in [4.69, 9.17) is 4.74 Å². The molecule has 7 nitrogen and oxygen atoms in total. The van der Waals surface area contributed by atoms with Gasteiger partial charge in [-0.2, -0.15) is 13.2 Å². The Morgan fingerprint density at radius 2 is 1.84 bits per heavy atom. The number of alkyl halides is 3. The number of carbonyl (C=O) groups is 1. The summed E-state index contributed by atoms with van der Waals surface area (Å²) >= 11 is 0. The van der Waals surface area contributed by atoms with Crippen molar-refractivity contribution in [2.45, 2.75) is 6.18 Å². The van der Waals surface area contributed by atoms with Gasteiger partial charge >= 0.3 is 12.2 Å². The predicted octanol–water partition coefficient (Wildman–Crippen LogP) is 5.07. The number of imidazole rings is 1. The van der Waals surface area contributed by atoms with Crippen LogP contribution in [0.4, 0.5) is 29.5 Å². The van der Waals surface area contributed by atoms with Crippen LogP contribution in [0.1, 0.15) is 5.56 Å². The molecule has 0 aliphatic rings. The minimum atomic E-state index is -4.45. The van der Waals surface area contributed by atoms with Crippen molar-refractivity contribution in [3.05, 3.63) is 72.6 Å². The van der Waals surface area contributed by atoms with Crippen LogP contribution in [0.25, 0.3) is 17.0 Å². The van der Waals surface area contributed by atoms with Crippen molar-refractivity contribution < 1.29 is 22.7 Å². The molecule has 4 aromatic rings. The van der Waals surface area contributed by atoms with E-state index < -0.39 is 17.8 Å². The van der Waals surface area contributed by atoms with Crippen LogP contribution in [-0.2, 0) is 6.18 Å². The van der Waals surface area contributed by atoms with E-state index in [1.165, 1.54) is 29.8 Å². The number of rotatable bonds is 4. The van der Waals surface area contributed by atoms with Crippen molar-refractivity contribution in [1.29, 1.82) is 0 Å². The number of methoxy groups -OCH3 is 1. The molecule has 2 aromatic carbocycles. The summed E-state index contributed by atoms with van der Waals surface area (Å²) in [5.74, 6) is 1.12. The smallest absolute Gasteiger partial charge is 0.416 e. The number of anilines is 2. The van der Waals surface area contributed by atoms with Crippen LogP contribution in [0.3, 0.4) is 0 Å². The minimum absolute atomic E-state index is 0.267. The summed E-state index contributed by atoms with van der Waals surface area (Å²) in [5.41, 5.74) is 0.409. The quantitative estimate of drug-likeness (QED) is 0.477. The van der Waals surface area contributed by atoms with Crippen molar-refractivity contribution in [3.63, 3.8) is 0 Å². The summed E-state index contributed by atoms with van der Waals surface area (Å²) in [6.45, 7) is 0. The van der Waals surface area contributed by atoms with Gasteiger partial charge in [-0.15, -0.1) is 0 Å². The number of ether oxygens (including phenoxy) is 1. The van der Waals surface area contributed by atoms with Crippen LogP contribution in [0, 0.1) is 0 Å². The predicted molar refractivity (Wildman–Crippen MR) is 109 cm³/mol. The molecule has 0 saturated carbocycles. The van der Waals surface area contributed by atoms with Crippen LogP contribution in [0.15, 0.2) is 67.0 Å². The van der Waals surface area contributed by atoms with E-state index in [2.05, 4.69) is 20.6 Å². The molecule has 0 aliphatic carbocycles. The van der Waals surface area contributed by atoms with Crippen molar-refractivity contribution in [2.24, 2.45) is 0 Å². The number of nitrogens with one attached hydrogen (secondary N) is 2. The van der Waals surface area contributed by atoms with E-state index in [9.17, 15) is 18.0 Å². The van der Waals surface area contributed by atoms with Gasteiger partial charge in [-0.1, -0.05) is 18.2 Å². The van der Waals surface area contributed by atoms with E-state index in [1.807, 2.05) is 0 Å². The molecular formula is C21H16F3N5O2. The third-order valence-corrected chi connectivity index (χ3v) is 4.45. The highest BCUT2D eigenvalue weighted by molar-refractivity contribution is 6.01. The third kappa shape index (κ3) is 4.27. The maximum absolute atomic E-state index is 12.9. The Hall–Kier alpha value is -4.08. The SMILES string of the molecule is COc1cccc(NC(=O)Nc2c(-c3ccc(C(F)(F)F)cc3)nc3ncccn23)c1. The first-order valence-electron chi connectivity index (χ1n) is 9.08. The highest BCUT2D eigenvalue weighted by atomic mass is 19.4. The van der Waals surface area contributed by atoms with Crippen LogP contribution >= 0.6 is 0 Å². The standard InChI is InChI=1S/C21H16F3N5O2/c1-31-16-5-2-4-15(12-16)26-20(30)28-18-17(27-19-25-10-3-11-29(18)19)13-6-8-14(9-7-13)21(22,23)24/h2-12H,1H3,(H2,26,28,30). The van der Waals surface area contributed by atoms with Crippen LogP contribution in [-0.4, -0.2) is 27.5 Å². The van der Waals surface area contributed by atoms with Crippen LogP contribution < -0.4 is 15.4 Å². The number of fused-ring (bicyclic) bond motifs is 1. The maximum atomic E-state index is 12.9. The summed E-state index contributed by atoms with van der Waals surface area (Å²) in [4.78, 5) is 21.1. The van der Waals surface area contributed by atoms with Crippen LogP contribution in [0.2, 0.25) is 0 Å². The average Bonchev–Trinajstić information content (AvgIpc) is 3.11. The third-order valence-electron chi connectivity index (χ3n) is 4.45. The van der Waals surface area contributed by atoms with Gasteiger partial charge in [-0.05, 0) is 30.3 Å². The molecule has 0 bridgehead atoms. The molecule has 2 amide bonds. The molecule has 4 rings (SSSR count). The van der Waals surface area contributed by atoms with E-state index in [-0.39, 0.29) is 17.3 Å². The first-order chi connectivity index (χ1) is 14.8. The maximum Gasteiger partial charge on any atom is 0.416 e. The Kier molecular flexibility index (Phi) is 5.20. The number of amides is 2. The lowest BCUT2D eigenvalue weighted by atomic mass is 10.1. The molecule has 31 heavy (non-hydrogen) atoms. The molecular weight excluding hydrogens is 411 g/mol. The lowest BCUT2D eigenvalue weighted by Crippen LogP contribution is -2.20. The molecule has 0 atom stereocenters. The normalized spacial score (nSPS) is 11.4. The second kappa shape index (κ2) is 7.98. The highest BCUT2D eigenvalue weighted by Gasteiger charge is 2.30. The molecule has 0 aliphatic heterocycles. The first kappa shape index (κ1) is 20.2. The van der Waals surface area contributed by atoms with Crippen molar-refractivity contribution in [3.8, 4) is 17.0 Å². The average molecular weight is 427 g/mol. The molecule has 2 N–H and O–H groups in total. The number of urea groups is 1. The summed E-state index contributed by atoms with van der Waals surface area (Å²) < 4.78 is 45.4. The topological polar surface area (TPSA) is 80.5 Å². The Balaban J connectivity index is 1.67.